The Bertz CT molecular complexity index is 203. The molecule has 0 aromatic carbocycles. The molecule has 0 radical (unpaired) electrons. The number of carbonyl (C=O) groups is 1. The normalized spacial score (nSPS) is 20.0. The maximum atomic E-state index is 11.9. The molecule has 0 aromatic rings. The average molecular weight is 228 g/mol. The largest absolute Gasteiger partial charge is 0.381 e. The summed E-state index contributed by atoms with van der Waals surface area (Å²) in [7, 11) is 0. The molecule has 1 amide bonds. The second-order valence-electron chi connectivity index (χ2n) is 4.19. The predicted molar refractivity (Wildman–Crippen MR) is 64.4 cm³/mol. The third-order valence-corrected chi connectivity index (χ3v) is 2.94. The molecule has 1 fully saturated rings. The van der Waals surface area contributed by atoms with Gasteiger partial charge < -0.3 is 15.0 Å². The van der Waals surface area contributed by atoms with E-state index in [2.05, 4.69) is 12.2 Å². The van der Waals surface area contributed by atoms with E-state index in [0.717, 1.165) is 39.1 Å². The lowest BCUT2D eigenvalue weighted by atomic mass is 10.2. The number of likely N-dealkylation sites (N-methyl/N-ethyl adjacent to an activating group) is 1. The van der Waals surface area contributed by atoms with Crippen LogP contribution >= 0.6 is 0 Å². The molecule has 1 heterocycles. The van der Waals surface area contributed by atoms with Crippen molar-refractivity contribution in [2.45, 2.75) is 39.2 Å². The highest BCUT2D eigenvalue weighted by molar-refractivity contribution is 5.76. The highest BCUT2D eigenvalue weighted by atomic mass is 16.5. The van der Waals surface area contributed by atoms with Crippen molar-refractivity contribution in [1.29, 1.82) is 0 Å². The van der Waals surface area contributed by atoms with Crippen LogP contribution < -0.4 is 5.32 Å². The van der Waals surface area contributed by atoms with E-state index in [-0.39, 0.29) is 5.91 Å². The summed E-state index contributed by atoms with van der Waals surface area (Å²) in [5.41, 5.74) is 0. The molecule has 1 N–H and O–H groups in total. The van der Waals surface area contributed by atoms with Crippen LogP contribution in [0.1, 0.15) is 33.1 Å². The van der Waals surface area contributed by atoms with Crippen molar-refractivity contribution in [1.82, 2.24) is 10.2 Å². The van der Waals surface area contributed by atoms with Gasteiger partial charge in [0.05, 0.1) is 13.0 Å². The summed E-state index contributed by atoms with van der Waals surface area (Å²) in [6.45, 7) is 8.20. The number of rotatable bonds is 7. The third-order valence-electron chi connectivity index (χ3n) is 2.94. The Morgan fingerprint density at radius 1 is 1.44 bits per heavy atom. The Morgan fingerprint density at radius 3 is 2.81 bits per heavy atom. The van der Waals surface area contributed by atoms with E-state index in [0.29, 0.717) is 19.1 Å². The lowest BCUT2D eigenvalue weighted by Gasteiger charge is -2.27. The highest BCUT2D eigenvalue weighted by Gasteiger charge is 2.24. The Labute approximate surface area is 98.3 Å². The van der Waals surface area contributed by atoms with Crippen molar-refractivity contribution in [2.24, 2.45) is 0 Å². The molecular weight excluding hydrogens is 204 g/mol. The summed E-state index contributed by atoms with van der Waals surface area (Å²) in [5, 5.41) is 3.29. The van der Waals surface area contributed by atoms with Crippen LogP contribution in [0.3, 0.4) is 0 Å². The molecule has 0 bridgehead atoms. The first-order valence-electron chi connectivity index (χ1n) is 6.37. The summed E-state index contributed by atoms with van der Waals surface area (Å²) in [5.74, 6) is 0.229. The van der Waals surface area contributed by atoms with Crippen LogP contribution in [0.5, 0.6) is 0 Å². The van der Waals surface area contributed by atoms with E-state index in [4.69, 9.17) is 4.74 Å². The van der Waals surface area contributed by atoms with E-state index in [1.165, 1.54) is 0 Å². The van der Waals surface area contributed by atoms with Gasteiger partial charge >= 0.3 is 0 Å². The lowest BCUT2D eigenvalue weighted by molar-refractivity contribution is -0.134. The maximum Gasteiger partial charge on any atom is 0.225 e. The zero-order valence-electron chi connectivity index (χ0n) is 10.5. The molecule has 0 saturated carbocycles. The fourth-order valence-electron chi connectivity index (χ4n) is 2.09. The third kappa shape index (κ3) is 4.10. The minimum atomic E-state index is 0.229. The Hall–Kier alpha value is -0.610. The van der Waals surface area contributed by atoms with Crippen molar-refractivity contribution < 1.29 is 9.53 Å². The molecule has 1 unspecified atom stereocenters. The summed E-state index contributed by atoms with van der Waals surface area (Å²) >= 11 is 0. The first kappa shape index (κ1) is 13.5. The van der Waals surface area contributed by atoms with E-state index in [1.807, 2.05) is 11.8 Å². The van der Waals surface area contributed by atoms with Crippen molar-refractivity contribution in [3.05, 3.63) is 0 Å². The minimum Gasteiger partial charge on any atom is -0.381 e. The van der Waals surface area contributed by atoms with Crippen molar-refractivity contribution in [3.8, 4) is 0 Å². The highest BCUT2D eigenvalue weighted by Crippen LogP contribution is 2.09. The predicted octanol–water partition coefficient (Wildman–Crippen LogP) is 1.01. The number of ether oxygens (including phenoxy) is 1. The molecular formula is C12H24N2O2. The Balaban J connectivity index is 2.25. The molecule has 0 aromatic heterocycles. The van der Waals surface area contributed by atoms with E-state index in [9.17, 15) is 4.79 Å². The number of nitrogens with one attached hydrogen (secondary N) is 1. The quantitative estimate of drug-likeness (QED) is 0.661. The lowest BCUT2D eigenvalue weighted by Crippen LogP contribution is -2.41. The van der Waals surface area contributed by atoms with Gasteiger partial charge in [-0.05, 0) is 26.3 Å². The molecule has 0 spiro atoms. The average Bonchev–Trinajstić information content (AvgIpc) is 2.79. The van der Waals surface area contributed by atoms with Gasteiger partial charge in [-0.15, -0.1) is 0 Å². The van der Waals surface area contributed by atoms with E-state index < -0.39 is 0 Å². The van der Waals surface area contributed by atoms with Crippen molar-refractivity contribution in [3.63, 3.8) is 0 Å². The fourth-order valence-corrected chi connectivity index (χ4v) is 2.09. The monoisotopic (exact) mass is 228 g/mol. The molecule has 0 aliphatic carbocycles. The zero-order valence-corrected chi connectivity index (χ0v) is 10.5. The number of nitrogens with zero attached hydrogens (tertiary/aromatic N) is 1. The van der Waals surface area contributed by atoms with Gasteiger partial charge in [-0.1, -0.05) is 6.92 Å². The fraction of sp³-hybridized carbons (Fsp3) is 0.917. The van der Waals surface area contributed by atoms with Gasteiger partial charge in [0.1, 0.15) is 0 Å². The van der Waals surface area contributed by atoms with Gasteiger partial charge in [0.25, 0.3) is 0 Å². The number of hydrogen-bond donors (Lipinski definition) is 1. The Kier molecular flexibility index (Phi) is 6.42. The molecule has 1 rings (SSSR count). The van der Waals surface area contributed by atoms with Crippen LogP contribution in [-0.2, 0) is 9.53 Å². The molecule has 4 nitrogen and oxygen atoms in total. The van der Waals surface area contributed by atoms with Gasteiger partial charge in [0, 0.05) is 25.7 Å². The standard InChI is InChI=1S/C12H24N2O2/c1-3-8-16-9-6-12(15)14(4-2)11-5-7-13-10-11/h11,13H,3-10H2,1-2H3. The minimum absolute atomic E-state index is 0.229. The summed E-state index contributed by atoms with van der Waals surface area (Å²) in [6, 6.07) is 0.392. The molecule has 1 atom stereocenters. The van der Waals surface area contributed by atoms with Crippen molar-refractivity contribution in [2.75, 3.05) is 32.8 Å². The summed E-state index contributed by atoms with van der Waals surface area (Å²) in [6.07, 6.45) is 2.61. The maximum absolute atomic E-state index is 11.9. The van der Waals surface area contributed by atoms with Crippen LogP contribution in [0.4, 0.5) is 0 Å². The second-order valence-corrected chi connectivity index (χ2v) is 4.19. The first-order chi connectivity index (χ1) is 7.79. The van der Waals surface area contributed by atoms with E-state index >= 15 is 0 Å². The molecule has 4 heteroatoms. The van der Waals surface area contributed by atoms with E-state index in [1.54, 1.807) is 0 Å². The van der Waals surface area contributed by atoms with Gasteiger partial charge in [-0.2, -0.15) is 0 Å². The molecule has 1 saturated heterocycles. The molecule has 1 aliphatic rings. The summed E-state index contributed by atoms with van der Waals surface area (Å²) in [4.78, 5) is 13.9. The van der Waals surface area contributed by atoms with Gasteiger partial charge in [0.15, 0.2) is 0 Å². The number of hydrogen-bond acceptors (Lipinski definition) is 3. The van der Waals surface area contributed by atoms with Crippen LogP contribution in [0, 0.1) is 0 Å². The van der Waals surface area contributed by atoms with Gasteiger partial charge in [0.2, 0.25) is 5.91 Å². The molecule has 94 valence electrons. The van der Waals surface area contributed by atoms with Gasteiger partial charge in [-0.25, -0.2) is 0 Å². The second kappa shape index (κ2) is 7.63. The zero-order chi connectivity index (χ0) is 11.8. The number of carbonyl (C=O) groups excluding carboxylic acids is 1. The molecule has 16 heavy (non-hydrogen) atoms. The van der Waals surface area contributed by atoms with Gasteiger partial charge in [-0.3, -0.25) is 4.79 Å². The molecule has 1 aliphatic heterocycles. The first-order valence-corrected chi connectivity index (χ1v) is 6.37. The number of amides is 1. The van der Waals surface area contributed by atoms with Crippen LogP contribution in [0.2, 0.25) is 0 Å². The SMILES string of the molecule is CCCOCCC(=O)N(CC)C1CCNC1. The topological polar surface area (TPSA) is 41.6 Å². The van der Waals surface area contributed by atoms with Crippen molar-refractivity contribution >= 4 is 5.91 Å². The van der Waals surface area contributed by atoms with Crippen LogP contribution in [0.15, 0.2) is 0 Å². The summed E-state index contributed by atoms with van der Waals surface area (Å²) < 4.78 is 5.35. The smallest absolute Gasteiger partial charge is 0.225 e. The Morgan fingerprint density at radius 2 is 2.25 bits per heavy atom. The van der Waals surface area contributed by atoms with Crippen LogP contribution in [0.25, 0.3) is 0 Å². The van der Waals surface area contributed by atoms with Crippen LogP contribution in [-0.4, -0.2) is 49.7 Å².